The predicted molar refractivity (Wildman–Crippen MR) is 121 cm³/mol. The molecule has 9 heteroatoms. The Morgan fingerprint density at radius 1 is 1.00 bits per heavy atom. The van der Waals surface area contributed by atoms with Crippen molar-refractivity contribution in [1.82, 2.24) is 40.4 Å². The van der Waals surface area contributed by atoms with Crippen molar-refractivity contribution < 1.29 is 0 Å². The van der Waals surface area contributed by atoms with Gasteiger partial charge in [0.1, 0.15) is 16.9 Å². The third-order valence-corrected chi connectivity index (χ3v) is 5.54. The number of hydrogen-bond donors (Lipinski definition) is 2. The lowest BCUT2D eigenvalue weighted by Crippen LogP contribution is -2.14. The van der Waals surface area contributed by atoms with E-state index in [1.54, 1.807) is 6.20 Å². The highest BCUT2D eigenvalue weighted by atomic mass is 16.1. The fourth-order valence-electron chi connectivity index (χ4n) is 4.03. The van der Waals surface area contributed by atoms with E-state index in [0.29, 0.717) is 23.4 Å². The van der Waals surface area contributed by atoms with Crippen molar-refractivity contribution in [2.45, 2.75) is 32.7 Å². The number of unbranched alkanes of at least 4 members (excludes halogenated alkanes) is 1. The van der Waals surface area contributed by atoms with E-state index in [9.17, 15) is 4.79 Å². The minimum absolute atomic E-state index is 0.234. The summed E-state index contributed by atoms with van der Waals surface area (Å²) in [7, 11) is 0. The zero-order valence-electron chi connectivity index (χ0n) is 17.6. The lowest BCUT2D eigenvalue weighted by atomic mass is 9.95. The van der Waals surface area contributed by atoms with Crippen LogP contribution >= 0.6 is 0 Å². The van der Waals surface area contributed by atoms with E-state index >= 15 is 0 Å². The summed E-state index contributed by atoms with van der Waals surface area (Å²) in [6.07, 6.45) is 4.45. The molecule has 2 N–H and O–H groups in total. The average molecular weight is 426 g/mol. The molecule has 3 aromatic heterocycles. The molecule has 9 nitrogen and oxygen atoms in total. The van der Waals surface area contributed by atoms with Crippen LogP contribution in [0.4, 0.5) is 0 Å². The lowest BCUT2D eigenvalue weighted by Gasteiger charge is -2.15. The van der Waals surface area contributed by atoms with Gasteiger partial charge in [-0.2, -0.15) is 10.3 Å². The number of hydrogen-bond acceptors (Lipinski definition) is 6. The van der Waals surface area contributed by atoms with Crippen molar-refractivity contribution in [1.29, 1.82) is 0 Å². The standard InChI is InChI=1S/C23H22N8O/c1-2-3-12-20-25-19-13-24-28-23(32)21(19)31(20)14-15-8-4-5-9-16(15)17-10-6-7-11-18(17)22-26-29-30-27-22/h4-11,13H,2-3,12,14H2,1H3,(H,28,32)(H,26,27,29,30). The van der Waals surface area contributed by atoms with Crippen molar-refractivity contribution in [2.75, 3.05) is 0 Å². The maximum Gasteiger partial charge on any atom is 0.290 e. The second-order valence-electron chi connectivity index (χ2n) is 7.59. The summed E-state index contributed by atoms with van der Waals surface area (Å²) in [5.74, 6) is 1.43. The van der Waals surface area contributed by atoms with Gasteiger partial charge in [0.25, 0.3) is 5.56 Å². The van der Waals surface area contributed by atoms with Crippen LogP contribution in [0.1, 0.15) is 31.2 Å². The molecule has 0 aliphatic carbocycles. The van der Waals surface area contributed by atoms with Gasteiger partial charge in [0, 0.05) is 12.0 Å². The maximum atomic E-state index is 12.6. The van der Waals surface area contributed by atoms with E-state index in [4.69, 9.17) is 4.98 Å². The fraction of sp³-hybridized carbons (Fsp3) is 0.217. The molecular weight excluding hydrogens is 404 g/mol. The minimum Gasteiger partial charge on any atom is -0.319 e. The summed E-state index contributed by atoms with van der Waals surface area (Å²) in [6.45, 7) is 2.66. The number of aromatic amines is 2. The molecule has 0 saturated heterocycles. The Labute approximate surface area is 183 Å². The van der Waals surface area contributed by atoms with E-state index in [1.165, 1.54) is 0 Å². The third-order valence-electron chi connectivity index (χ3n) is 5.54. The molecule has 0 unspecified atom stereocenters. The molecule has 0 spiro atoms. The quantitative estimate of drug-likeness (QED) is 0.412. The molecule has 160 valence electrons. The summed E-state index contributed by atoms with van der Waals surface area (Å²) < 4.78 is 2.02. The number of H-pyrrole nitrogens is 2. The van der Waals surface area contributed by atoms with Crippen molar-refractivity contribution in [3.63, 3.8) is 0 Å². The Morgan fingerprint density at radius 2 is 1.78 bits per heavy atom. The SMILES string of the molecule is CCCCc1nc2cn[nH]c(=O)c2n1Cc1ccccc1-c1ccccc1-c1nn[nH]n1. The summed E-state index contributed by atoms with van der Waals surface area (Å²) >= 11 is 0. The molecule has 5 aromatic rings. The van der Waals surface area contributed by atoms with Crippen LogP contribution in [0.5, 0.6) is 0 Å². The Hall–Kier alpha value is -4.14. The normalized spacial score (nSPS) is 11.3. The van der Waals surface area contributed by atoms with Gasteiger partial charge in [0.2, 0.25) is 5.82 Å². The van der Waals surface area contributed by atoms with Gasteiger partial charge in [-0.1, -0.05) is 61.9 Å². The van der Waals surface area contributed by atoms with Crippen LogP contribution in [-0.2, 0) is 13.0 Å². The van der Waals surface area contributed by atoms with E-state index in [-0.39, 0.29) is 5.56 Å². The number of nitrogens with one attached hydrogen (secondary N) is 2. The monoisotopic (exact) mass is 426 g/mol. The lowest BCUT2D eigenvalue weighted by molar-refractivity contribution is 0.689. The fourth-order valence-corrected chi connectivity index (χ4v) is 4.03. The number of rotatable bonds is 7. The molecule has 5 rings (SSSR count). The number of aryl methyl sites for hydroxylation is 1. The van der Waals surface area contributed by atoms with Gasteiger partial charge in [-0.05, 0) is 28.3 Å². The van der Waals surface area contributed by atoms with Gasteiger partial charge in [0.15, 0.2) is 0 Å². The molecule has 0 bridgehead atoms. The van der Waals surface area contributed by atoms with Crippen molar-refractivity contribution in [3.8, 4) is 22.5 Å². The highest BCUT2D eigenvalue weighted by molar-refractivity contribution is 5.82. The largest absolute Gasteiger partial charge is 0.319 e. The zero-order valence-corrected chi connectivity index (χ0v) is 17.6. The first-order chi connectivity index (χ1) is 15.8. The molecule has 3 heterocycles. The van der Waals surface area contributed by atoms with E-state index in [1.807, 2.05) is 41.0 Å². The molecule has 0 amide bonds. The van der Waals surface area contributed by atoms with Gasteiger partial charge in [-0.3, -0.25) is 4.79 Å². The Bertz CT molecular complexity index is 1420. The van der Waals surface area contributed by atoms with Gasteiger partial charge < -0.3 is 4.57 Å². The van der Waals surface area contributed by atoms with Crippen LogP contribution in [0.2, 0.25) is 0 Å². The molecule has 32 heavy (non-hydrogen) atoms. The smallest absolute Gasteiger partial charge is 0.290 e. The highest BCUT2D eigenvalue weighted by Crippen LogP contribution is 2.33. The first-order valence-electron chi connectivity index (χ1n) is 10.6. The molecule has 0 atom stereocenters. The van der Waals surface area contributed by atoms with E-state index < -0.39 is 0 Å². The topological polar surface area (TPSA) is 118 Å². The van der Waals surface area contributed by atoms with Crippen LogP contribution < -0.4 is 5.56 Å². The molecule has 0 aliphatic heterocycles. The van der Waals surface area contributed by atoms with E-state index in [2.05, 4.69) is 49.9 Å². The van der Waals surface area contributed by atoms with Gasteiger partial charge in [0.05, 0.1) is 12.7 Å². The molecular formula is C23H22N8O. The van der Waals surface area contributed by atoms with Gasteiger partial charge >= 0.3 is 0 Å². The average Bonchev–Trinajstić information content (AvgIpc) is 3.47. The summed E-state index contributed by atoms with van der Waals surface area (Å²) in [5.41, 5.74) is 4.93. The molecule has 0 saturated carbocycles. The van der Waals surface area contributed by atoms with Crippen molar-refractivity contribution >= 4 is 11.0 Å². The number of aromatic nitrogens is 8. The summed E-state index contributed by atoms with van der Waals surface area (Å²) in [5, 5.41) is 21.0. The van der Waals surface area contributed by atoms with Gasteiger partial charge in [-0.25, -0.2) is 10.1 Å². The number of imidazole rings is 1. The molecule has 0 radical (unpaired) electrons. The summed E-state index contributed by atoms with van der Waals surface area (Å²) in [4.78, 5) is 17.4. The van der Waals surface area contributed by atoms with E-state index in [0.717, 1.165) is 47.3 Å². The minimum atomic E-state index is -0.234. The Kier molecular flexibility index (Phi) is 5.29. The van der Waals surface area contributed by atoms with Crippen LogP contribution in [-0.4, -0.2) is 40.4 Å². The van der Waals surface area contributed by atoms with Crippen LogP contribution in [0.25, 0.3) is 33.5 Å². The second-order valence-corrected chi connectivity index (χ2v) is 7.59. The molecule has 2 aromatic carbocycles. The number of benzene rings is 2. The first kappa shape index (κ1) is 19.8. The Balaban J connectivity index is 1.65. The van der Waals surface area contributed by atoms with Gasteiger partial charge in [-0.15, -0.1) is 10.2 Å². The number of fused-ring (bicyclic) bond motifs is 1. The zero-order chi connectivity index (χ0) is 21.9. The second kappa shape index (κ2) is 8.54. The predicted octanol–water partition coefficient (Wildman–Crippen LogP) is 3.36. The van der Waals surface area contributed by atoms with Crippen molar-refractivity contribution in [2.24, 2.45) is 0 Å². The summed E-state index contributed by atoms with van der Waals surface area (Å²) in [6, 6.07) is 16.1. The van der Waals surface area contributed by atoms with Crippen LogP contribution in [0.15, 0.2) is 59.5 Å². The third kappa shape index (κ3) is 3.58. The molecule has 0 aliphatic rings. The number of tetrazole rings is 1. The number of nitrogens with zero attached hydrogens (tertiary/aromatic N) is 6. The highest BCUT2D eigenvalue weighted by Gasteiger charge is 2.18. The Morgan fingerprint density at radius 3 is 2.56 bits per heavy atom. The maximum absolute atomic E-state index is 12.6. The van der Waals surface area contributed by atoms with Crippen molar-refractivity contribution in [3.05, 3.63) is 76.5 Å². The first-order valence-corrected chi connectivity index (χ1v) is 10.6. The van der Waals surface area contributed by atoms with Crippen LogP contribution in [0, 0.1) is 0 Å². The van der Waals surface area contributed by atoms with Crippen LogP contribution in [0.3, 0.4) is 0 Å². The molecule has 0 fully saturated rings.